The van der Waals surface area contributed by atoms with Gasteiger partial charge in [-0.1, -0.05) is 43.0 Å². The minimum atomic E-state index is -0.195. The van der Waals surface area contributed by atoms with Crippen LogP contribution in [0.5, 0.6) is 5.75 Å². The molecule has 1 aliphatic carbocycles. The fourth-order valence-corrected chi connectivity index (χ4v) is 3.81. The number of nitrogens with zero attached hydrogens (tertiary/aromatic N) is 3. The van der Waals surface area contributed by atoms with E-state index in [1.54, 1.807) is 18.2 Å². The second-order valence-corrected chi connectivity index (χ2v) is 7.32. The quantitative estimate of drug-likeness (QED) is 0.669. The molecule has 2 aromatic carbocycles. The molecule has 1 fully saturated rings. The van der Waals surface area contributed by atoms with Gasteiger partial charge in [0.15, 0.2) is 0 Å². The number of hydrogen-bond acceptors (Lipinski definition) is 4. The number of phenols is 1. The summed E-state index contributed by atoms with van der Waals surface area (Å²) in [6, 6.07) is 12.1. The zero-order valence-electron chi connectivity index (χ0n) is 14.8. The van der Waals surface area contributed by atoms with E-state index in [4.69, 9.17) is 16.6 Å². The minimum Gasteiger partial charge on any atom is -0.507 e. The van der Waals surface area contributed by atoms with Crippen LogP contribution in [0.1, 0.15) is 49.4 Å². The fraction of sp³-hybridized carbons (Fsp3) is 0.286. The van der Waals surface area contributed by atoms with Crippen LogP contribution in [-0.2, 0) is 0 Å². The first-order valence-corrected chi connectivity index (χ1v) is 9.56. The van der Waals surface area contributed by atoms with Gasteiger partial charge in [-0.2, -0.15) is 9.78 Å². The Kier molecular flexibility index (Phi) is 4.94. The molecule has 1 N–H and O–H groups in total. The molecule has 0 saturated heterocycles. The summed E-state index contributed by atoms with van der Waals surface area (Å²) >= 11 is 6.01. The average molecular weight is 382 g/mol. The zero-order chi connectivity index (χ0) is 18.8. The molecule has 138 valence electrons. The summed E-state index contributed by atoms with van der Waals surface area (Å²) in [5, 5.41) is 15.4. The summed E-state index contributed by atoms with van der Waals surface area (Å²) in [5.41, 5.74) is 0.955. The zero-order valence-corrected chi connectivity index (χ0v) is 15.6. The summed E-state index contributed by atoms with van der Waals surface area (Å²) in [4.78, 5) is 17.9. The van der Waals surface area contributed by atoms with Gasteiger partial charge in [-0.15, -0.1) is 0 Å². The predicted molar refractivity (Wildman–Crippen MR) is 108 cm³/mol. The fourth-order valence-electron chi connectivity index (χ4n) is 3.63. The number of phenolic OH excluding ortho intramolecular Hbond substituents is 1. The molecule has 0 radical (unpaired) electrons. The van der Waals surface area contributed by atoms with Gasteiger partial charge in [0, 0.05) is 16.5 Å². The van der Waals surface area contributed by atoms with Crippen molar-refractivity contribution >= 4 is 28.7 Å². The van der Waals surface area contributed by atoms with Gasteiger partial charge >= 0.3 is 0 Å². The Bertz CT molecular complexity index is 1070. The molecular formula is C21H20ClN3O2. The van der Waals surface area contributed by atoms with Crippen molar-refractivity contribution in [2.24, 2.45) is 5.10 Å². The number of para-hydroxylation sites is 1. The number of rotatable bonds is 3. The lowest BCUT2D eigenvalue weighted by atomic mass is 9.88. The Morgan fingerprint density at radius 1 is 1.15 bits per heavy atom. The Balaban J connectivity index is 1.86. The number of aromatic nitrogens is 2. The molecule has 0 amide bonds. The standard InChI is InChI=1S/C21H20ClN3O2/c22-16-10-11-19(26)15(12-16)13-23-25-20(14-6-2-1-3-7-14)24-18-9-5-4-8-17(18)21(25)27/h4-5,8-14,26H,1-3,6-7H2. The van der Waals surface area contributed by atoms with Crippen LogP contribution < -0.4 is 5.56 Å². The third-order valence-electron chi connectivity index (χ3n) is 5.05. The Morgan fingerprint density at radius 3 is 2.74 bits per heavy atom. The third-order valence-corrected chi connectivity index (χ3v) is 5.29. The van der Waals surface area contributed by atoms with E-state index in [1.165, 1.54) is 23.4 Å². The van der Waals surface area contributed by atoms with Crippen molar-refractivity contribution in [3.63, 3.8) is 0 Å². The van der Waals surface area contributed by atoms with Gasteiger partial charge in [-0.25, -0.2) is 4.98 Å². The highest BCUT2D eigenvalue weighted by Gasteiger charge is 2.22. The third kappa shape index (κ3) is 3.60. The molecule has 0 spiro atoms. The average Bonchev–Trinajstić information content (AvgIpc) is 2.70. The molecule has 1 aliphatic rings. The monoisotopic (exact) mass is 381 g/mol. The number of aromatic hydroxyl groups is 1. The molecule has 27 heavy (non-hydrogen) atoms. The SMILES string of the molecule is O=c1c2ccccc2nc(C2CCCCC2)n1N=Cc1cc(Cl)ccc1O. The Hall–Kier alpha value is -2.66. The lowest BCUT2D eigenvalue weighted by molar-refractivity contribution is 0.416. The van der Waals surface area contributed by atoms with Crippen LogP contribution in [0.15, 0.2) is 52.4 Å². The summed E-state index contributed by atoms with van der Waals surface area (Å²) in [6.07, 6.45) is 6.95. The van der Waals surface area contributed by atoms with Gasteiger partial charge in [0.1, 0.15) is 11.6 Å². The molecule has 0 aliphatic heterocycles. The molecule has 1 aromatic heterocycles. The van der Waals surface area contributed by atoms with Crippen molar-refractivity contribution in [2.75, 3.05) is 0 Å². The van der Waals surface area contributed by atoms with E-state index in [-0.39, 0.29) is 17.2 Å². The smallest absolute Gasteiger partial charge is 0.282 e. The topological polar surface area (TPSA) is 67.5 Å². The van der Waals surface area contributed by atoms with Crippen molar-refractivity contribution in [1.82, 2.24) is 9.66 Å². The molecule has 5 nitrogen and oxygen atoms in total. The molecule has 3 aromatic rings. The molecular weight excluding hydrogens is 362 g/mol. The van der Waals surface area contributed by atoms with Crippen molar-refractivity contribution in [1.29, 1.82) is 0 Å². The summed E-state index contributed by atoms with van der Waals surface area (Å²) in [6.45, 7) is 0. The van der Waals surface area contributed by atoms with E-state index in [1.807, 2.05) is 18.2 Å². The van der Waals surface area contributed by atoms with Gasteiger partial charge in [0.05, 0.1) is 17.1 Å². The van der Waals surface area contributed by atoms with E-state index in [0.29, 0.717) is 27.3 Å². The number of hydrogen-bond donors (Lipinski definition) is 1. The van der Waals surface area contributed by atoms with Crippen molar-refractivity contribution in [2.45, 2.75) is 38.0 Å². The van der Waals surface area contributed by atoms with E-state index >= 15 is 0 Å². The van der Waals surface area contributed by atoms with Crippen LogP contribution in [0.4, 0.5) is 0 Å². The summed E-state index contributed by atoms with van der Waals surface area (Å²) < 4.78 is 1.39. The van der Waals surface area contributed by atoms with Crippen LogP contribution in [0.3, 0.4) is 0 Å². The van der Waals surface area contributed by atoms with Gasteiger partial charge in [0.25, 0.3) is 5.56 Å². The molecule has 0 bridgehead atoms. The maximum Gasteiger partial charge on any atom is 0.282 e. The first-order chi connectivity index (χ1) is 13.1. The van der Waals surface area contributed by atoms with Crippen LogP contribution in [-0.4, -0.2) is 21.0 Å². The highest BCUT2D eigenvalue weighted by Crippen LogP contribution is 2.31. The highest BCUT2D eigenvalue weighted by molar-refractivity contribution is 6.30. The molecule has 1 heterocycles. The van der Waals surface area contributed by atoms with Crippen LogP contribution in [0.2, 0.25) is 5.02 Å². The summed E-state index contributed by atoms with van der Waals surface area (Å²) in [5.74, 6) is 0.960. The number of benzene rings is 2. The molecule has 4 rings (SSSR count). The van der Waals surface area contributed by atoms with Gasteiger partial charge in [-0.3, -0.25) is 4.79 Å². The summed E-state index contributed by atoms with van der Waals surface area (Å²) in [7, 11) is 0. The van der Waals surface area contributed by atoms with Gasteiger partial charge in [0.2, 0.25) is 0 Å². The van der Waals surface area contributed by atoms with E-state index in [2.05, 4.69) is 5.10 Å². The van der Waals surface area contributed by atoms with Crippen molar-refractivity contribution in [3.05, 3.63) is 69.2 Å². The van der Waals surface area contributed by atoms with Crippen LogP contribution >= 0.6 is 11.6 Å². The predicted octanol–water partition coefficient (Wildman–Crippen LogP) is 4.69. The first kappa shape index (κ1) is 17.7. The van der Waals surface area contributed by atoms with Crippen LogP contribution in [0.25, 0.3) is 10.9 Å². The largest absolute Gasteiger partial charge is 0.507 e. The van der Waals surface area contributed by atoms with Gasteiger partial charge < -0.3 is 5.11 Å². The normalized spacial score (nSPS) is 15.6. The Labute approximate surface area is 161 Å². The molecule has 0 atom stereocenters. The Morgan fingerprint density at radius 2 is 1.93 bits per heavy atom. The van der Waals surface area contributed by atoms with Crippen molar-refractivity contribution in [3.8, 4) is 5.75 Å². The van der Waals surface area contributed by atoms with Crippen LogP contribution in [0, 0.1) is 0 Å². The van der Waals surface area contributed by atoms with Gasteiger partial charge in [-0.05, 0) is 43.2 Å². The maximum atomic E-state index is 13.1. The maximum absolute atomic E-state index is 13.1. The van der Waals surface area contributed by atoms with Crippen molar-refractivity contribution < 1.29 is 5.11 Å². The van der Waals surface area contributed by atoms with E-state index < -0.39 is 0 Å². The molecule has 6 heteroatoms. The molecule has 1 saturated carbocycles. The number of halogens is 1. The second-order valence-electron chi connectivity index (χ2n) is 6.89. The lowest BCUT2D eigenvalue weighted by Gasteiger charge is -2.22. The molecule has 0 unspecified atom stereocenters. The van der Waals surface area contributed by atoms with E-state index in [0.717, 1.165) is 25.7 Å². The highest BCUT2D eigenvalue weighted by atomic mass is 35.5. The minimum absolute atomic E-state index is 0.0594. The number of fused-ring (bicyclic) bond motifs is 1. The van der Waals surface area contributed by atoms with E-state index in [9.17, 15) is 9.90 Å². The lowest BCUT2D eigenvalue weighted by Crippen LogP contribution is -2.25. The second kappa shape index (κ2) is 7.53. The first-order valence-electron chi connectivity index (χ1n) is 9.18.